The molecule has 0 aliphatic heterocycles. The third-order valence-corrected chi connectivity index (χ3v) is 3.03. The van der Waals surface area contributed by atoms with E-state index in [0.29, 0.717) is 17.1 Å². The molecule has 0 radical (unpaired) electrons. The van der Waals surface area contributed by atoms with Crippen molar-refractivity contribution in [2.24, 2.45) is 0 Å². The number of hydrogen-bond acceptors (Lipinski definition) is 3. The average molecular weight is 282 g/mol. The van der Waals surface area contributed by atoms with Crippen LogP contribution in [0, 0.1) is 5.82 Å². The number of hydrogen-bond donors (Lipinski definition) is 1. The number of methoxy groups -OCH3 is 1. The topological polar surface area (TPSA) is 42.4 Å². The molecular weight excluding hydrogens is 269 g/mol. The van der Waals surface area contributed by atoms with E-state index in [1.807, 2.05) is 0 Å². The Balaban J connectivity index is 2.20. The molecule has 0 fully saturated rings. The summed E-state index contributed by atoms with van der Waals surface area (Å²) in [5, 5.41) is 10.1. The quantitative estimate of drug-likeness (QED) is 0.936. The van der Waals surface area contributed by atoms with Crippen LogP contribution in [0.1, 0.15) is 17.4 Å². The summed E-state index contributed by atoms with van der Waals surface area (Å²) in [4.78, 5) is 4.11. The molecule has 0 aliphatic carbocycles. The Morgan fingerprint density at radius 1 is 1.32 bits per heavy atom. The van der Waals surface area contributed by atoms with E-state index in [2.05, 4.69) is 4.98 Å². The van der Waals surface area contributed by atoms with Crippen LogP contribution in [0.4, 0.5) is 4.39 Å². The summed E-state index contributed by atoms with van der Waals surface area (Å²) in [6, 6.07) is 9.76. The van der Waals surface area contributed by atoms with Crippen molar-refractivity contribution in [2.75, 3.05) is 7.11 Å². The van der Waals surface area contributed by atoms with E-state index < -0.39 is 11.9 Å². The molecule has 0 spiro atoms. The van der Waals surface area contributed by atoms with Crippen molar-refractivity contribution in [3.05, 3.63) is 58.5 Å². The van der Waals surface area contributed by atoms with Gasteiger partial charge in [-0.2, -0.15) is 0 Å². The van der Waals surface area contributed by atoms with E-state index in [-0.39, 0.29) is 11.4 Å². The molecule has 100 valence electrons. The van der Waals surface area contributed by atoms with Gasteiger partial charge in [0.05, 0.1) is 17.8 Å². The molecule has 2 aromatic rings. The first-order chi connectivity index (χ1) is 9.11. The van der Waals surface area contributed by atoms with Crippen LogP contribution in [0.2, 0.25) is 5.02 Å². The number of nitrogens with zero attached hydrogens (tertiary/aromatic N) is 1. The Labute approximate surface area is 115 Å². The highest BCUT2D eigenvalue weighted by Gasteiger charge is 2.14. The van der Waals surface area contributed by atoms with Crippen LogP contribution in [0.5, 0.6) is 5.88 Å². The second-order valence-corrected chi connectivity index (χ2v) is 4.44. The largest absolute Gasteiger partial charge is 0.481 e. The lowest BCUT2D eigenvalue weighted by Gasteiger charge is -2.12. The molecule has 1 aromatic carbocycles. The predicted octanol–water partition coefficient (Wildman–Crippen LogP) is 3.16. The number of aromatic nitrogens is 1. The molecule has 0 aliphatic rings. The van der Waals surface area contributed by atoms with Crippen molar-refractivity contribution in [2.45, 2.75) is 12.5 Å². The van der Waals surface area contributed by atoms with Gasteiger partial charge in [0, 0.05) is 12.5 Å². The van der Waals surface area contributed by atoms with E-state index in [4.69, 9.17) is 16.3 Å². The van der Waals surface area contributed by atoms with Crippen LogP contribution in [0.25, 0.3) is 0 Å². The number of ether oxygens (including phenoxy) is 1. The van der Waals surface area contributed by atoms with E-state index in [9.17, 15) is 9.50 Å². The van der Waals surface area contributed by atoms with Crippen LogP contribution in [0.3, 0.4) is 0 Å². The lowest BCUT2D eigenvalue weighted by Crippen LogP contribution is -2.06. The van der Waals surface area contributed by atoms with Crippen molar-refractivity contribution in [1.82, 2.24) is 4.98 Å². The van der Waals surface area contributed by atoms with Crippen LogP contribution in [-0.4, -0.2) is 17.2 Å². The Hall–Kier alpha value is -1.65. The van der Waals surface area contributed by atoms with Gasteiger partial charge in [0.2, 0.25) is 5.88 Å². The van der Waals surface area contributed by atoms with Crippen LogP contribution < -0.4 is 4.74 Å². The van der Waals surface area contributed by atoms with Crippen LogP contribution in [0.15, 0.2) is 36.4 Å². The maximum Gasteiger partial charge on any atom is 0.213 e. The van der Waals surface area contributed by atoms with Crippen molar-refractivity contribution >= 4 is 11.6 Å². The molecule has 1 unspecified atom stereocenters. The number of halogens is 2. The molecule has 2 rings (SSSR count). The first-order valence-corrected chi connectivity index (χ1v) is 6.11. The lowest BCUT2D eigenvalue weighted by atomic mass is 10.0. The number of aliphatic hydroxyl groups is 1. The molecular formula is C14H13ClFNO2. The fourth-order valence-corrected chi connectivity index (χ4v) is 1.94. The van der Waals surface area contributed by atoms with Gasteiger partial charge in [-0.1, -0.05) is 29.8 Å². The Bertz CT molecular complexity index is 577. The van der Waals surface area contributed by atoms with Gasteiger partial charge in [-0.15, -0.1) is 0 Å². The van der Waals surface area contributed by atoms with Crippen molar-refractivity contribution in [3.8, 4) is 5.88 Å². The molecule has 0 amide bonds. The summed E-state index contributed by atoms with van der Waals surface area (Å²) < 4.78 is 18.7. The highest BCUT2D eigenvalue weighted by molar-refractivity contribution is 6.30. The van der Waals surface area contributed by atoms with Crippen LogP contribution in [-0.2, 0) is 6.42 Å². The van der Waals surface area contributed by atoms with Gasteiger partial charge in [-0.05, 0) is 17.7 Å². The molecule has 5 heteroatoms. The summed E-state index contributed by atoms with van der Waals surface area (Å²) >= 11 is 5.70. The standard InChI is InChI=1S/C14H13ClFNO2/c1-19-13-7-3-6-11(17-13)12(18)8-9-4-2-5-10(15)14(9)16/h2-7,12,18H,8H2,1H3. The first-order valence-electron chi connectivity index (χ1n) is 5.73. The first kappa shape index (κ1) is 13.8. The van der Waals surface area contributed by atoms with E-state index in [1.165, 1.54) is 13.2 Å². The fraction of sp³-hybridized carbons (Fsp3) is 0.214. The third kappa shape index (κ3) is 3.22. The minimum Gasteiger partial charge on any atom is -0.481 e. The van der Waals surface area contributed by atoms with Gasteiger partial charge in [-0.25, -0.2) is 9.37 Å². The second-order valence-electron chi connectivity index (χ2n) is 4.04. The van der Waals surface area contributed by atoms with Crippen molar-refractivity contribution in [3.63, 3.8) is 0 Å². The normalized spacial score (nSPS) is 12.2. The molecule has 1 heterocycles. The summed E-state index contributed by atoms with van der Waals surface area (Å²) in [6.45, 7) is 0. The molecule has 0 bridgehead atoms. The summed E-state index contributed by atoms with van der Waals surface area (Å²) in [5.74, 6) is -0.103. The number of aliphatic hydroxyl groups excluding tert-OH is 1. The molecule has 1 atom stereocenters. The fourth-order valence-electron chi connectivity index (χ4n) is 1.75. The highest BCUT2D eigenvalue weighted by atomic mass is 35.5. The number of rotatable bonds is 4. The summed E-state index contributed by atoms with van der Waals surface area (Å²) in [6.07, 6.45) is -0.810. The number of benzene rings is 1. The Kier molecular flexibility index (Phi) is 4.35. The van der Waals surface area contributed by atoms with Crippen LogP contribution >= 0.6 is 11.6 Å². The zero-order valence-corrected chi connectivity index (χ0v) is 11.1. The van der Waals surface area contributed by atoms with Crippen molar-refractivity contribution in [1.29, 1.82) is 0 Å². The zero-order valence-electron chi connectivity index (χ0n) is 10.3. The number of pyridine rings is 1. The summed E-state index contributed by atoms with van der Waals surface area (Å²) in [7, 11) is 1.50. The molecule has 1 aromatic heterocycles. The zero-order chi connectivity index (χ0) is 13.8. The Morgan fingerprint density at radius 2 is 2.05 bits per heavy atom. The SMILES string of the molecule is COc1cccc(C(O)Cc2cccc(Cl)c2F)n1. The van der Waals surface area contributed by atoms with E-state index in [1.54, 1.807) is 30.3 Å². The molecule has 19 heavy (non-hydrogen) atoms. The van der Waals surface area contributed by atoms with Gasteiger partial charge in [0.25, 0.3) is 0 Å². The van der Waals surface area contributed by atoms with E-state index >= 15 is 0 Å². The monoisotopic (exact) mass is 281 g/mol. The Morgan fingerprint density at radius 3 is 2.79 bits per heavy atom. The average Bonchev–Trinajstić information content (AvgIpc) is 2.44. The second kappa shape index (κ2) is 5.99. The summed E-state index contributed by atoms with van der Waals surface area (Å²) in [5.41, 5.74) is 0.781. The molecule has 1 N–H and O–H groups in total. The minimum absolute atomic E-state index is 0.0447. The van der Waals surface area contributed by atoms with Gasteiger partial charge >= 0.3 is 0 Å². The van der Waals surface area contributed by atoms with Gasteiger partial charge in [-0.3, -0.25) is 0 Å². The third-order valence-electron chi connectivity index (χ3n) is 2.74. The lowest BCUT2D eigenvalue weighted by molar-refractivity contribution is 0.171. The van der Waals surface area contributed by atoms with Crippen molar-refractivity contribution < 1.29 is 14.2 Å². The molecule has 3 nitrogen and oxygen atoms in total. The molecule has 0 saturated heterocycles. The van der Waals surface area contributed by atoms with Gasteiger partial charge < -0.3 is 9.84 Å². The predicted molar refractivity (Wildman–Crippen MR) is 70.9 cm³/mol. The van der Waals surface area contributed by atoms with E-state index in [0.717, 1.165) is 0 Å². The maximum absolute atomic E-state index is 13.7. The van der Waals surface area contributed by atoms with Gasteiger partial charge in [0.1, 0.15) is 11.9 Å². The highest BCUT2D eigenvalue weighted by Crippen LogP contribution is 2.23. The maximum atomic E-state index is 13.7. The smallest absolute Gasteiger partial charge is 0.213 e. The molecule has 0 saturated carbocycles. The minimum atomic E-state index is -0.914. The van der Waals surface area contributed by atoms with Gasteiger partial charge in [0.15, 0.2) is 0 Å².